The number of amides is 2. The fourth-order valence-electron chi connectivity index (χ4n) is 5.16. The average Bonchev–Trinajstić information content (AvgIpc) is 3.75. The third-order valence-electron chi connectivity index (χ3n) is 7.67. The minimum absolute atomic E-state index is 0.0274. The van der Waals surface area contributed by atoms with Gasteiger partial charge in [0.25, 0.3) is 0 Å². The summed E-state index contributed by atoms with van der Waals surface area (Å²) in [6.45, 7) is 12.4. The Balaban J connectivity index is 1.14. The standard InChI is InChI=1S/C31H35N7O2S2/c1-5-6-7-13-32-22(3)27-18-33-29(42-27)23-10-14-38(15-11-23)28(39)19-37-16-12-31(20-37,41-4)30(40)34-24-8-9-26-25(17-24)21(2)35-36-26/h5-10,13,17-18H,1,3,11-12,14-16,19-20H2,2,4H3,(H,34,40)(H,35,36)/b7-6-,32-13?/t31-/m0/s1. The molecule has 2 amide bonds. The molecule has 4 heterocycles. The van der Waals surface area contributed by atoms with Gasteiger partial charge in [-0.3, -0.25) is 24.6 Å². The number of anilines is 1. The van der Waals surface area contributed by atoms with Crippen LogP contribution in [0.1, 0.15) is 28.4 Å². The van der Waals surface area contributed by atoms with Gasteiger partial charge < -0.3 is 10.2 Å². The summed E-state index contributed by atoms with van der Waals surface area (Å²) in [5.41, 5.74) is 4.39. The van der Waals surface area contributed by atoms with Gasteiger partial charge in [0, 0.05) is 55.4 Å². The minimum Gasteiger partial charge on any atom is -0.338 e. The van der Waals surface area contributed by atoms with E-state index in [9.17, 15) is 9.59 Å². The number of aromatic amines is 1. The smallest absolute Gasteiger partial charge is 0.241 e. The third-order valence-corrected chi connectivity index (χ3v) is 10.1. The number of aryl methyl sites for hydroxylation is 1. The van der Waals surface area contributed by atoms with E-state index in [1.54, 1.807) is 53.7 Å². The lowest BCUT2D eigenvalue weighted by Crippen LogP contribution is -2.45. The van der Waals surface area contributed by atoms with E-state index in [-0.39, 0.29) is 11.8 Å². The minimum atomic E-state index is -0.603. The summed E-state index contributed by atoms with van der Waals surface area (Å²) >= 11 is 3.12. The molecule has 42 heavy (non-hydrogen) atoms. The predicted octanol–water partition coefficient (Wildman–Crippen LogP) is 5.17. The lowest BCUT2D eigenvalue weighted by Gasteiger charge is -2.29. The Kier molecular flexibility index (Phi) is 9.20. The second-order valence-electron chi connectivity index (χ2n) is 10.4. The van der Waals surface area contributed by atoms with Crippen LogP contribution in [0.25, 0.3) is 22.2 Å². The van der Waals surface area contributed by atoms with Crippen LogP contribution < -0.4 is 5.32 Å². The van der Waals surface area contributed by atoms with Crippen LogP contribution in [0, 0.1) is 6.92 Å². The molecule has 5 rings (SSSR count). The van der Waals surface area contributed by atoms with Crippen LogP contribution in [0.2, 0.25) is 0 Å². The van der Waals surface area contributed by atoms with E-state index in [4.69, 9.17) is 0 Å². The number of nitrogens with one attached hydrogen (secondary N) is 2. The molecule has 218 valence electrons. The molecule has 2 N–H and O–H groups in total. The molecule has 0 spiro atoms. The number of benzene rings is 1. The molecule has 9 nitrogen and oxygen atoms in total. The molecule has 2 aliphatic heterocycles. The molecule has 1 atom stereocenters. The number of hydrogen-bond donors (Lipinski definition) is 2. The number of carbonyl (C=O) groups is 2. The highest BCUT2D eigenvalue weighted by Gasteiger charge is 2.44. The van der Waals surface area contributed by atoms with Crippen molar-refractivity contribution >= 4 is 69.0 Å². The fraction of sp³-hybridized carbons (Fsp3) is 0.323. The molecule has 0 unspecified atom stereocenters. The topological polar surface area (TPSA) is 107 Å². The third kappa shape index (κ3) is 6.48. The first-order valence-corrected chi connectivity index (χ1v) is 15.8. The van der Waals surface area contributed by atoms with Gasteiger partial charge in [0.1, 0.15) is 9.75 Å². The highest BCUT2D eigenvalue weighted by Crippen LogP contribution is 2.36. The van der Waals surface area contributed by atoms with Gasteiger partial charge in [-0.25, -0.2) is 4.98 Å². The Morgan fingerprint density at radius 1 is 1.31 bits per heavy atom. The number of carbonyl (C=O) groups excluding carboxylic acids is 2. The van der Waals surface area contributed by atoms with E-state index in [2.05, 4.69) is 49.6 Å². The highest BCUT2D eigenvalue weighted by atomic mass is 32.2. The number of hydrogen-bond acceptors (Lipinski definition) is 8. The molecule has 0 saturated carbocycles. The maximum atomic E-state index is 13.4. The number of thioether (sulfide) groups is 1. The fourth-order valence-corrected chi connectivity index (χ4v) is 6.91. The summed E-state index contributed by atoms with van der Waals surface area (Å²) in [5.74, 6) is 0.0547. The van der Waals surface area contributed by atoms with Crippen molar-refractivity contribution in [2.24, 2.45) is 4.99 Å². The quantitative estimate of drug-likeness (QED) is 0.245. The van der Waals surface area contributed by atoms with Crippen LogP contribution in [-0.2, 0) is 9.59 Å². The molecule has 1 aromatic carbocycles. The molecule has 3 aromatic rings. The zero-order valence-electron chi connectivity index (χ0n) is 23.9. The number of rotatable bonds is 10. The zero-order chi connectivity index (χ0) is 29.7. The SMILES string of the molecule is C=C/C=C\C=NC(=C)c1cnc(C2=CCN(C(=O)CN3CC[C@@](SC)(C(=O)Nc4ccc5n[nH]c(C)c5c4)C3)CC2)s1. The molecule has 1 fully saturated rings. The van der Waals surface area contributed by atoms with Gasteiger partial charge in [-0.05, 0) is 55.9 Å². The summed E-state index contributed by atoms with van der Waals surface area (Å²) in [6.07, 6.45) is 14.3. The van der Waals surface area contributed by atoms with E-state index in [1.165, 1.54) is 0 Å². The van der Waals surface area contributed by atoms with Crippen molar-refractivity contribution in [3.05, 3.63) is 77.4 Å². The van der Waals surface area contributed by atoms with Crippen molar-refractivity contribution in [3.8, 4) is 0 Å². The Morgan fingerprint density at radius 3 is 2.93 bits per heavy atom. The molecule has 11 heteroatoms. The summed E-state index contributed by atoms with van der Waals surface area (Å²) in [5, 5.41) is 12.3. The van der Waals surface area contributed by atoms with E-state index >= 15 is 0 Å². The molecular weight excluding hydrogens is 567 g/mol. The van der Waals surface area contributed by atoms with Crippen LogP contribution in [0.3, 0.4) is 0 Å². The number of nitrogens with zero attached hydrogens (tertiary/aromatic N) is 5. The van der Waals surface area contributed by atoms with Gasteiger partial charge in [-0.2, -0.15) is 5.10 Å². The summed E-state index contributed by atoms with van der Waals surface area (Å²) in [7, 11) is 0. The van der Waals surface area contributed by atoms with E-state index in [0.29, 0.717) is 44.8 Å². The molecular formula is C31H35N7O2S2. The number of aromatic nitrogens is 3. The summed E-state index contributed by atoms with van der Waals surface area (Å²) < 4.78 is -0.603. The number of likely N-dealkylation sites (tertiary alicyclic amines) is 1. The maximum absolute atomic E-state index is 13.4. The van der Waals surface area contributed by atoms with Crippen LogP contribution in [0.15, 0.2) is 66.9 Å². The van der Waals surface area contributed by atoms with Crippen molar-refractivity contribution in [3.63, 3.8) is 0 Å². The van der Waals surface area contributed by atoms with Gasteiger partial charge in [0.05, 0.1) is 22.6 Å². The second-order valence-corrected chi connectivity index (χ2v) is 12.6. The van der Waals surface area contributed by atoms with Crippen LogP contribution >= 0.6 is 23.1 Å². The first kappa shape index (κ1) is 29.7. The maximum Gasteiger partial charge on any atom is 0.241 e. The lowest BCUT2D eigenvalue weighted by molar-refractivity contribution is -0.132. The highest BCUT2D eigenvalue weighted by molar-refractivity contribution is 8.00. The van der Waals surface area contributed by atoms with Crippen LogP contribution in [0.4, 0.5) is 5.69 Å². The first-order chi connectivity index (χ1) is 20.3. The second kappa shape index (κ2) is 13.0. The van der Waals surface area contributed by atoms with Crippen LogP contribution in [0.5, 0.6) is 0 Å². The number of H-pyrrole nitrogens is 1. The number of thiazole rings is 1. The van der Waals surface area contributed by atoms with Crippen LogP contribution in [-0.4, -0.2) is 86.7 Å². The first-order valence-electron chi connectivity index (χ1n) is 13.8. The largest absolute Gasteiger partial charge is 0.338 e. The van der Waals surface area contributed by atoms with Crippen molar-refractivity contribution in [2.75, 3.05) is 44.3 Å². The normalized spacial score (nSPS) is 19.6. The monoisotopic (exact) mass is 601 g/mol. The summed E-state index contributed by atoms with van der Waals surface area (Å²) in [6, 6.07) is 5.74. The van der Waals surface area contributed by atoms with E-state index < -0.39 is 4.75 Å². The van der Waals surface area contributed by atoms with Crippen molar-refractivity contribution in [2.45, 2.75) is 24.5 Å². The van der Waals surface area contributed by atoms with Crippen molar-refractivity contribution in [1.82, 2.24) is 25.0 Å². The number of aliphatic imine (C=N–C) groups is 1. The number of fused-ring (bicyclic) bond motifs is 1. The van der Waals surface area contributed by atoms with Gasteiger partial charge in [-0.15, -0.1) is 23.1 Å². The Bertz CT molecular complexity index is 1600. The number of allylic oxidation sites excluding steroid dienone is 3. The zero-order valence-corrected chi connectivity index (χ0v) is 25.6. The Hall–Kier alpha value is -3.80. The van der Waals surface area contributed by atoms with Gasteiger partial charge in [0.15, 0.2) is 0 Å². The Labute approximate surface area is 254 Å². The van der Waals surface area contributed by atoms with Crippen molar-refractivity contribution < 1.29 is 9.59 Å². The Morgan fingerprint density at radius 2 is 2.17 bits per heavy atom. The van der Waals surface area contributed by atoms with E-state index in [0.717, 1.165) is 44.2 Å². The predicted molar refractivity (Wildman–Crippen MR) is 175 cm³/mol. The molecule has 1 saturated heterocycles. The molecule has 0 bridgehead atoms. The lowest BCUT2D eigenvalue weighted by atomic mass is 10.1. The van der Waals surface area contributed by atoms with Gasteiger partial charge >= 0.3 is 0 Å². The molecule has 0 radical (unpaired) electrons. The van der Waals surface area contributed by atoms with E-state index in [1.807, 2.05) is 36.3 Å². The van der Waals surface area contributed by atoms with Gasteiger partial charge in [-0.1, -0.05) is 31.4 Å². The van der Waals surface area contributed by atoms with Crippen molar-refractivity contribution in [1.29, 1.82) is 0 Å². The molecule has 2 aliphatic rings. The molecule has 0 aliphatic carbocycles. The molecule has 2 aromatic heterocycles. The summed E-state index contributed by atoms with van der Waals surface area (Å²) in [4.78, 5) is 40.5. The van der Waals surface area contributed by atoms with Gasteiger partial charge in [0.2, 0.25) is 11.8 Å². The average molecular weight is 602 g/mol.